The molecule has 1 aliphatic heterocycles. The highest BCUT2D eigenvalue weighted by atomic mass is 19.4. The van der Waals surface area contributed by atoms with Crippen LogP contribution in [0.2, 0.25) is 0 Å². The number of nitrogens with zero attached hydrogens (tertiary/aromatic N) is 3. The molecule has 5 nitrogen and oxygen atoms in total. The van der Waals surface area contributed by atoms with E-state index in [4.69, 9.17) is 0 Å². The number of urea groups is 1. The monoisotopic (exact) mass is 426 g/mol. The molecule has 0 unspecified atom stereocenters. The number of halogens is 3. The molecule has 1 aliphatic rings. The first-order chi connectivity index (χ1) is 14.8. The molecule has 0 spiro atoms. The molecule has 0 atom stereocenters. The molecule has 0 saturated heterocycles. The highest BCUT2D eigenvalue weighted by Crippen LogP contribution is 2.36. The van der Waals surface area contributed by atoms with Crippen LogP contribution in [0.5, 0.6) is 0 Å². The Kier molecular flexibility index (Phi) is 5.54. The maximum atomic E-state index is 13.3. The van der Waals surface area contributed by atoms with E-state index in [-0.39, 0.29) is 6.03 Å². The number of amides is 2. The fourth-order valence-electron chi connectivity index (χ4n) is 3.57. The largest absolute Gasteiger partial charge is 0.416 e. The van der Waals surface area contributed by atoms with Gasteiger partial charge in [-0.05, 0) is 53.9 Å². The van der Waals surface area contributed by atoms with Gasteiger partial charge in [-0.1, -0.05) is 24.3 Å². The van der Waals surface area contributed by atoms with Gasteiger partial charge in [-0.2, -0.15) is 13.2 Å². The number of hydrogen-bond donors (Lipinski definition) is 1. The number of pyridine rings is 1. The molecule has 0 aliphatic carbocycles. The van der Waals surface area contributed by atoms with Gasteiger partial charge in [0.25, 0.3) is 0 Å². The fraction of sp³-hybridized carbons (Fsp3) is 0.217. The van der Waals surface area contributed by atoms with Gasteiger partial charge in [-0.15, -0.1) is 0 Å². The van der Waals surface area contributed by atoms with Crippen LogP contribution in [0.1, 0.15) is 12.0 Å². The van der Waals surface area contributed by atoms with Crippen LogP contribution >= 0.6 is 0 Å². The van der Waals surface area contributed by atoms with E-state index in [1.807, 2.05) is 0 Å². The summed E-state index contributed by atoms with van der Waals surface area (Å²) in [6.07, 6.45) is -2.07. The van der Waals surface area contributed by atoms with Crippen molar-refractivity contribution in [3.63, 3.8) is 0 Å². The normalized spacial score (nSPS) is 13.7. The molecule has 2 amide bonds. The Hall–Kier alpha value is -3.55. The number of anilines is 3. The molecule has 2 heterocycles. The van der Waals surface area contributed by atoms with Crippen molar-refractivity contribution in [2.75, 3.05) is 35.3 Å². The Morgan fingerprint density at radius 1 is 1.06 bits per heavy atom. The molecule has 3 aromatic rings. The molecule has 0 fully saturated rings. The Bertz CT molecular complexity index is 1090. The predicted molar refractivity (Wildman–Crippen MR) is 115 cm³/mol. The summed E-state index contributed by atoms with van der Waals surface area (Å²) in [5.41, 5.74) is 1.72. The van der Waals surface area contributed by atoms with E-state index in [1.165, 1.54) is 11.0 Å². The average molecular weight is 426 g/mol. The van der Waals surface area contributed by atoms with Crippen LogP contribution in [0.25, 0.3) is 11.1 Å². The van der Waals surface area contributed by atoms with Crippen LogP contribution in [-0.4, -0.2) is 31.2 Å². The number of hydrogen-bond acceptors (Lipinski definition) is 3. The first-order valence-electron chi connectivity index (χ1n) is 9.86. The standard InChI is InChI=1S/C23H21F3N4O/c1-29(21-8-2-3-11-28-21)22(31)30-13-5-12-27-19-10-9-17(15-20(19)30)16-6-4-7-18(14-16)23(24,25)26/h2-4,6-11,14-15,27H,5,12-13H2,1H3. The molecular formula is C23H21F3N4O. The lowest BCUT2D eigenvalue weighted by Crippen LogP contribution is -2.42. The Morgan fingerprint density at radius 3 is 2.61 bits per heavy atom. The van der Waals surface area contributed by atoms with Crippen molar-refractivity contribution in [2.24, 2.45) is 0 Å². The lowest BCUT2D eigenvalue weighted by Gasteiger charge is -2.28. The Morgan fingerprint density at radius 2 is 1.87 bits per heavy atom. The smallest absolute Gasteiger partial charge is 0.383 e. The first kappa shape index (κ1) is 20.7. The summed E-state index contributed by atoms with van der Waals surface area (Å²) in [6, 6.07) is 15.6. The molecule has 31 heavy (non-hydrogen) atoms. The Labute approximate surface area is 178 Å². The molecule has 0 radical (unpaired) electrons. The molecule has 0 saturated carbocycles. The third-order valence-electron chi connectivity index (χ3n) is 5.20. The van der Waals surface area contributed by atoms with Gasteiger partial charge in [0.05, 0.1) is 16.9 Å². The molecular weight excluding hydrogens is 405 g/mol. The van der Waals surface area contributed by atoms with Gasteiger partial charge in [-0.25, -0.2) is 9.78 Å². The zero-order valence-electron chi connectivity index (χ0n) is 16.9. The number of carbonyl (C=O) groups is 1. The average Bonchev–Trinajstić information content (AvgIpc) is 3.00. The van der Waals surface area contributed by atoms with Crippen LogP contribution in [0.4, 0.5) is 35.2 Å². The van der Waals surface area contributed by atoms with E-state index >= 15 is 0 Å². The van der Waals surface area contributed by atoms with Crippen LogP contribution in [0.3, 0.4) is 0 Å². The fourth-order valence-corrected chi connectivity index (χ4v) is 3.57. The van der Waals surface area contributed by atoms with Crippen molar-refractivity contribution >= 4 is 23.2 Å². The topological polar surface area (TPSA) is 48.5 Å². The van der Waals surface area contributed by atoms with Crippen LogP contribution in [0, 0.1) is 0 Å². The molecule has 1 aromatic heterocycles. The minimum atomic E-state index is -4.42. The van der Waals surface area contributed by atoms with Crippen LogP contribution in [-0.2, 0) is 6.18 Å². The molecule has 8 heteroatoms. The Balaban J connectivity index is 1.72. The van der Waals surface area contributed by atoms with Crippen molar-refractivity contribution in [2.45, 2.75) is 12.6 Å². The second kappa shape index (κ2) is 8.29. The van der Waals surface area contributed by atoms with E-state index in [0.717, 1.165) is 24.2 Å². The number of alkyl halides is 3. The summed E-state index contributed by atoms with van der Waals surface area (Å²) in [5, 5.41) is 3.29. The van der Waals surface area contributed by atoms with Gasteiger partial charge < -0.3 is 5.32 Å². The van der Waals surface area contributed by atoms with Crippen molar-refractivity contribution < 1.29 is 18.0 Å². The van der Waals surface area contributed by atoms with E-state index in [9.17, 15) is 18.0 Å². The lowest BCUT2D eigenvalue weighted by molar-refractivity contribution is -0.137. The first-order valence-corrected chi connectivity index (χ1v) is 9.86. The molecule has 0 bridgehead atoms. The highest BCUT2D eigenvalue weighted by molar-refractivity contribution is 6.05. The molecule has 1 N–H and O–H groups in total. The summed E-state index contributed by atoms with van der Waals surface area (Å²) in [5.74, 6) is 0.514. The number of fused-ring (bicyclic) bond motifs is 1. The second-order valence-corrected chi connectivity index (χ2v) is 7.27. The van der Waals surface area contributed by atoms with Gasteiger partial charge in [0.1, 0.15) is 5.82 Å². The summed E-state index contributed by atoms with van der Waals surface area (Å²) in [6.45, 7) is 1.16. The van der Waals surface area contributed by atoms with Crippen molar-refractivity contribution in [1.82, 2.24) is 4.98 Å². The number of rotatable bonds is 2. The number of nitrogens with one attached hydrogen (secondary N) is 1. The lowest BCUT2D eigenvalue weighted by atomic mass is 10.0. The van der Waals surface area contributed by atoms with E-state index in [0.29, 0.717) is 35.7 Å². The minimum Gasteiger partial charge on any atom is -0.383 e. The maximum Gasteiger partial charge on any atom is 0.416 e. The summed E-state index contributed by atoms with van der Waals surface area (Å²) in [4.78, 5) is 20.6. The van der Waals surface area contributed by atoms with Crippen molar-refractivity contribution in [1.29, 1.82) is 0 Å². The number of benzene rings is 2. The van der Waals surface area contributed by atoms with E-state index in [2.05, 4.69) is 10.3 Å². The molecule has 160 valence electrons. The van der Waals surface area contributed by atoms with Gasteiger partial charge >= 0.3 is 12.2 Å². The summed E-state index contributed by atoms with van der Waals surface area (Å²) in [7, 11) is 1.65. The van der Waals surface area contributed by atoms with Gasteiger partial charge in [-0.3, -0.25) is 9.80 Å². The zero-order chi connectivity index (χ0) is 22.0. The van der Waals surface area contributed by atoms with Crippen LogP contribution in [0.15, 0.2) is 66.9 Å². The maximum absolute atomic E-state index is 13.3. The van der Waals surface area contributed by atoms with Gasteiger partial charge in [0.2, 0.25) is 0 Å². The SMILES string of the molecule is CN(C(=O)N1CCCNc2ccc(-c3cccc(C(F)(F)F)c3)cc21)c1ccccn1. The molecule has 2 aromatic carbocycles. The second-order valence-electron chi connectivity index (χ2n) is 7.27. The van der Waals surface area contributed by atoms with E-state index in [1.54, 1.807) is 60.6 Å². The van der Waals surface area contributed by atoms with Crippen molar-refractivity contribution in [3.05, 3.63) is 72.4 Å². The molecule has 4 rings (SSSR count). The highest BCUT2D eigenvalue weighted by Gasteiger charge is 2.31. The number of aromatic nitrogens is 1. The zero-order valence-corrected chi connectivity index (χ0v) is 16.9. The quantitative estimate of drug-likeness (QED) is 0.576. The summed E-state index contributed by atoms with van der Waals surface area (Å²) >= 11 is 0. The van der Waals surface area contributed by atoms with Gasteiger partial charge in [0, 0.05) is 26.3 Å². The summed E-state index contributed by atoms with van der Waals surface area (Å²) < 4.78 is 39.5. The van der Waals surface area contributed by atoms with Gasteiger partial charge in [0.15, 0.2) is 0 Å². The van der Waals surface area contributed by atoms with E-state index < -0.39 is 11.7 Å². The van der Waals surface area contributed by atoms with Crippen LogP contribution < -0.4 is 15.1 Å². The predicted octanol–water partition coefficient (Wildman–Crippen LogP) is 5.65. The number of carbonyl (C=O) groups excluding carboxylic acids is 1. The minimum absolute atomic E-state index is 0.259. The third-order valence-corrected chi connectivity index (χ3v) is 5.20. The van der Waals surface area contributed by atoms with Crippen molar-refractivity contribution in [3.8, 4) is 11.1 Å². The third kappa shape index (κ3) is 4.33.